The topological polar surface area (TPSA) is 29.5 Å². The molecule has 1 aromatic rings. The molecule has 0 aliphatic carbocycles. The second-order valence-electron chi connectivity index (χ2n) is 3.58. The first-order valence-corrected chi connectivity index (χ1v) is 4.91. The van der Waals surface area contributed by atoms with Crippen LogP contribution in [0.25, 0.3) is 0 Å². The minimum atomic E-state index is 0.413. The molecule has 0 saturated heterocycles. The molecule has 0 heterocycles. The Kier molecular flexibility index (Phi) is 3.53. The van der Waals surface area contributed by atoms with E-state index < -0.39 is 0 Å². The normalized spacial score (nSPS) is 10.6. The van der Waals surface area contributed by atoms with Gasteiger partial charge in [0.2, 0.25) is 0 Å². The van der Waals surface area contributed by atoms with E-state index in [1.54, 1.807) is 7.11 Å². The maximum Gasteiger partial charge on any atom is 0.122 e. The molecule has 2 heteroatoms. The molecule has 1 N–H and O–H groups in total. The number of phenolic OH excluding ortho intramolecular Hbond substituents is 1. The number of rotatable bonds is 3. The van der Waals surface area contributed by atoms with Gasteiger partial charge >= 0.3 is 0 Å². The van der Waals surface area contributed by atoms with Gasteiger partial charge in [-0.1, -0.05) is 13.0 Å². The first kappa shape index (κ1) is 11.1. The summed E-state index contributed by atoms with van der Waals surface area (Å²) in [6.07, 6.45) is 0.941. The fraction of sp³-hybridized carbons (Fsp3) is 0.500. The van der Waals surface area contributed by atoms with Crippen LogP contribution in [-0.2, 0) is 17.8 Å². The standard InChI is InChI=1S/C12H18O2/c1-5-10-6-11(7-14-4)9(3)12(13)8(10)2/h6,13H,5,7H2,1-4H3. The number of methoxy groups -OCH3 is 1. The molecule has 1 rings (SSSR count). The third-order valence-corrected chi connectivity index (χ3v) is 2.70. The molecular weight excluding hydrogens is 176 g/mol. The van der Waals surface area contributed by atoms with Gasteiger partial charge in [0.05, 0.1) is 6.61 Å². The Morgan fingerprint density at radius 2 is 1.79 bits per heavy atom. The lowest BCUT2D eigenvalue weighted by Crippen LogP contribution is -1.97. The average Bonchev–Trinajstić information content (AvgIpc) is 2.19. The molecule has 78 valence electrons. The van der Waals surface area contributed by atoms with Crippen LogP contribution in [-0.4, -0.2) is 12.2 Å². The lowest BCUT2D eigenvalue weighted by Gasteiger charge is -2.13. The van der Waals surface area contributed by atoms with Crippen molar-refractivity contribution in [2.45, 2.75) is 33.8 Å². The summed E-state index contributed by atoms with van der Waals surface area (Å²) in [6, 6.07) is 2.12. The van der Waals surface area contributed by atoms with E-state index in [9.17, 15) is 5.11 Å². The Morgan fingerprint density at radius 3 is 2.29 bits per heavy atom. The van der Waals surface area contributed by atoms with E-state index in [0.29, 0.717) is 12.4 Å². The fourth-order valence-corrected chi connectivity index (χ4v) is 1.68. The molecule has 0 spiro atoms. The van der Waals surface area contributed by atoms with Crippen LogP contribution in [0.2, 0.25) is 0 Å². The van der Waals surface area contributed by atoms with E-state index >= 15 is 0 Å². The average molecular weight is 194 g/mol. The van der Waals surface area contributed by atoms with Crippen LogP contribution in [0.3, 0.4) is 0 Å². The zero-order valence-corrected chi connectivity index (χ0v) is 9.35. The number of hydrogen-bond donors (Lipinski definition) is 1. The molecule has 1 aromatic carbocycles. The first-order valence-electron chi connectivity index (χ1n) is 4.91. The van der Waals surface area contributed by atoms with E-state index in [1.807, 2.05) is 13.8 Å². The third-order valence-electron chi connectivity index (χ3n) is 2.70. The van der Waals surface area contributed by atoms with Crippen molar-refractivity contribution in [1.82, 2.24) is 0 Å². The lowest BCUT2D eigenvalue weighted by atomic mass is 9.97. The largest absolute Gasteiger partial charge is 0.507 e. The number of phenols is 1. The number of aryl methyl sites for hydroxylation is 1. The van der Waals surface area contributed by atoms with Gasteiger partial charge in [-0.15, -0.1) is 0 Å². The Hall–Kier alpha value is -1.02. The Labute approximate surface area is 85.5 Å². The summed E-state index contributed by atoms with van der Waals surface area (Å²) < 4.78 is 5.09. The molecule has 14 heavy (non-hydrogen) atoms. The fourth-order valence-electron chi connectivity index (χ4n) is 1.68. The molecule has 0 aliphatic heterocycles. The zero-order chi connectivity index (χ0) is 10.7. The van der Waals surface area contributed by atoms with Gasteiger partial charge < -0.3 is 9.84 Å². The van der Waals surface area contributed by atoms with Crippen molar-refractivity contribution in [3.63, 3.8) is 0 Å². The molecule has 0 atom stereocenters. The maximum absolute atomic E-state index is 9.87. The van der Waals surface area contributed by atoms with Crippen LogP contribution < -0.4 is 0 Å². The number of hydrogen-bond acceptors (Lipinski definition) is 2. The number of aromatic hydroxyl groups is 1. The van der Waals surface area contributed by atoms with E-state index in [-0.39, 0.29) is 0 Å². The summed E-state index contributed by atoms with van der Waals surface area (Å²) in [5, 5.41) is 9.87. The van der Waals surface area contributed by atoms with Crippen molar-refractivity contribution in [1.29, 1.82) is 0 Å². The Balaban J connectivity index is 3.25. The molecule has 0 saturated carbocycles. The van der Waals surface area contributed by atoms with Crippen molar-refractivity contribution in [3.8, 4) is 5.75 Å². The van der Waals surface area contributed by atoms with Gasteiger partial charge in [-0.3, -0.25) is 0 Å². The molecule has 2 nitrogen and oxygen atoms in total. The van der Waals surface area contributed by atoms with Gasteiger partial charge in [-0.2, -0.15) is 0 Å². The van der Waals surface area contributed by atoms with Crippen molar-refractivity contribution >= 4 is 0 Å². The number of ether oxygens (including phenoxy) is 1. The van der Waals surface area contributed by atoms with Gasteiger partial charge in [0.25, 0.3) is 0 Å². The third kappa shape index (κ3) is 1.90. The van der Waals surface area contributed by atoms with Crippen LogP contribution >= 0.6 is 0 Å². The van der Waals surface area contributed by atoms with Gasteiger partial charge in [0.15, 0.2) is 0 Å². The predicted molar refractivity (Wildman–Crippen MR) is 57.7 cm³/mol. The monoisotopic (exact) mass is 194 g/mol. The molecule has 0 aliphatic rings. The smallest absolute Gasteiger partial charge is 0.122 e. The SMILES string of the molecule is CCc1cc(COC)c(C)c(O)c1C. The summed E-state index contributed by atoms with van der Waals surface area (Å²) in [7, 11) is 1.67. The van der Waals surface area contributed by atoms with Crippen LogP contribution in [0, 0.1) is 13.8 Å². The highest BCUT2D eigenvalue weighted by atomic mass is 16.5. The van der Waals surface area contributed by atoms with Crippen molar-refractivity contribution in [2.75, 3.05) is 7.11 Å². The lowest BCUT2D eigenvalue weighted by molar-refractivity contribution is 0.184. The summed E-state index contributed by atoms with van der Waals surface area (Å²) in [4.78, 5) is 0. The molecule has 0 radical (unpaired) electrons. The van der Waals surface area contributed by atoms with E-state index in [0.717, 1.165) is 23.1 Å². The molecule has 0 fully saturated rings. The van der Waals surface area contributed by atoms with Crippen molar-refractivity contribution in [3.05, 3.63) is 28.3 Å². The molecular formula is C12H18O2. The predicted octanol–water partition coefficient (Wildman–Crippen LogP) is 2.72. The Bertz CT molecular complexity index is 330. The first-order chi connectivity index (χ1) is 6.61. The highest BCUT2D eigenvalue weighted by Gasteiger charge is 2.10. The highest BCUT2D eigenvalue weighted by molar-refractivity contribution is 5.48. The second-order valence-corrected chi connectivity index (χ2v) is 3.58. The summed E-state index contributed by atoms with van der Waals surface area (Å²) in [5.41, 5.74) is 4.19. The van der Waals surface area contributed by atoms with Crippen LogP contribution in [0.15, 0.2) is 6.07 Å². The summed E-state index contributed by atoms with van der Waals surface area (Å²) >= 11 is 0. The molecule has 0 unspecified atom stereocenters. The molecule has 0 bridgehead atoms. The van der Waals surface area contributed by atoms with Crippen LogP contribution in [0.5, 0.6) is 5.75 Å². The minimum absolute atomic E-state index is 0.413. The van der Waals surface area contributed by atoms with Gasteiger partial charge in [-0.25, -0.2) is 0 Å². The molecule has 0 amide bonds. The van der Waals surface area contributed by atoms with E-state index in [4.69, 9.17) is 4.74 Å². The van der Waals surface area contributed by atoms with E-state index in [1.165, 1.54) is 5.56 Å². The summed E-state index contributed by atoms with van der Waals surface area (Å²) in [6.45, 7) is 6.54. The molecule has 0 aromatic heterocycles. The van der Waals surface area contributed by atoms with Crippen LogP contribution in [0.1, 0.15) is 29.2 Å². The van der Waals surface area contributed by atoms with Gasteiger partial charge in [0.1, 0.15) is 5.75 Å². The quantitative estimate of drug-likeness (QED) is 0.801. The highest BCUT2D eigenvalue weighted by Crippen LogP contribution is 2.28. The summed E-state index contributed by atoms with van der Waals surface area (Å²) in [5.74, 6) is 0.413. The minimum Gasteiger partial charge on any atom is -0.507 e. The second kappa shape index (κ2) is 4.47. The van der Waals surface area contributed by atoms with Gasteiger partial charge in [0, 0.05) is 7.11 Å². The van der Waals surface area contributed by atoms with Gasteiger partial charge in [-0.05, 0) is 42.5 Å². The van der Waals surface area contributed by atoms with Crippen LogP contribution in [0.4, 0.5) is 0 Å². The van der Waals surface area contributed by atoms with Crippen molar-refractivity contribution in [2.24, 2.45) is 0 Å². The van der Waals surface area contributed by atoms with Crippen molar-refractivity contribution < 1.29 is 9.84 Å². The zero-order valence-electron chi connectivity index (χ0n) is 9.35. The number of benzene rings is 1. The van der Waals surface area contributed by atoms with E-state index in [2.05, 4.69) is 13.0 Å². The Morgan fingerprint density at radius 1 is 1.21 bits per heavy atom. The maximum atomic E-state index is 9.87.